The van der Waals surface area contributed by atoms with E-state index in [-0.39, 0.29) is 13.2 Å². The van der Waals surface area contributed by atoms with E-state index in [1.807, 2.05) is 20.8 Å². The van der Waals surface area contributed by atoms with Crippen molar-refractivity contribution >= 4 is 17.9 Å². The van der Waals surface area contributed by atoms with Gasteiger partial charge >= 0.3 is 17.9 Å². The summed E-state index contributed by atoms with van der Waals surface area (Å²) in [7, 11) is 0. The molecule has 0 unspecified atom stereocenters. The van der Waals surface area contributed by atoms with Gasteiger partial charge in [0.1, 0.15) is 6.10 Å². The summed E-state index contributed by atoms with van der Waals surface area (Å²) in [4.78, 5) is 28.8. The number of carbonyl (C=O) groups is 3. The number of rotatable bonds is 8. The summed E-state index contributed by atoms with van der Waals surface area (Å²) in [5.41, 5.74) is 0. The van der Waals surface area contributed by atoms with Crippen LogP contribution >= 0.6 is 0 Å². The van der Waals surface area contributed by atoms with Gasteiger partial charge in [0.15, 0.2) is 0 Å². The highest BCUT2D eigenvalue weighted by Crippen LogP contribution is 1.83. The zero-order valence-electron chi connectivity index (χ0n) is 14.6. The Balaban J connectivity index is -0.000000111. The molecule has 24 heavy (non-hydrogen) atoms. The molecule has 0 aromatic carbocycles. The minimum absolute atomic E-state index is 0.292. The van der Waals surface area contributed by atoms with Gasteiger partial charge in [-0.2, -0.15) is 0 Å². The number of hydrogen-bond acceptors (Lipinski definition) is 6. The van der Waals surface area contributed by atoms with E-state index < -0.39 is 24.0 Å². The number of aliphatic hydroxyl groups excluding tert-OH is 3. The fourth-order valence-electron chi connectivity index (χ4n) is 0.699. The van der Waals surface area contributed by atoms with Crippen LogP contribution in [0.15, 0.2) is 0 Å². The molecular formula is C15H32O9. The highest BCUT2D eigenvalue weighted by molar-refractivity contribution is 5.67. The largest absolute Gasteiger partial charge is 0.481 e. The van der Waals surface area contributed by atoms with Crippen LogP contribution in [-0.4, -0.2) is 67.9 Å². The van der Waals surface area contributed by atoms with Crippen LogP contribution in [-0.2, 0) is 14.4 Å². The third-order valence-corrected chi connectivity index (χ3v) is 1.81. The van der Waals surface area contributed by atoms with Gasteiger partial charge in [0.2, 0.25) is 0 Å². The standard InChI is InChI=1S/3C4H8O2.C3H8O3/c3*1-2-3-4(5)6;4-1-3(6)2-5/h3*2-3H2,1H3,(H,5,6);3-6H,1-2H2. The Kier molecular flexibility index (Phi) is 33.0. The lowest BCUT2D eigenvalue weighted by Crippen LogP contribution is -2.15. The van der Waals surface area contributed by atoms with Crippen LogP contribution in [0, 0.1) is 0 Å². The van der Waals surface area contributed by atoms with Crippen molar-refractivity contribution in [2.45, 2.75) is 65.4 Å². The van der Waals surface area contributed by atoms with Crippen LogP contribution in [0.1, 0.15) is 59.3 Å². The molecule has 6 N–H and O–H groups in total. The average Bonchev–Trinajstić information content (AvgIpc) is 2.47. The highest BCUT2D eigenvalue weighted by Gasteiger charge is 1.93. The topological polar surface area (TPSA) is 173 Å². The Morgan fingerprint density at radius 3 is 0.875 bits per heavy atom. The van der Waals surface area contributed by atoms with E-state index >= 15 is 0 Å². The van der Waals surface area contributed by atoms with Crippen molar-refractivity contribution in [3.8, 4) is 0 Å². The SMILES string of the molecule is CCCC(=O)O.CCCC(=O)O.CCCC(=O)O.OCC(O)CO. The van der Waals surface area contributed by atoms with Gasteiger partial charge in [0.05, 0.1) is 13.2 Å². The number of hydrogen-bond donors (Lipinski definition) is 6. The minimum atomic E-state index is -0.954. The second-order valence-electron chi connectivity index (χ2n) is 4.45. The Bertz CT molecular complexity index is 251. The van der Waals surface area contributed by atoms with E-state index in [4.69, 9.17) is 30.6 Å². The fraction of sp³-hybridized carbons (Fsp3) is 0.800. The molecule has 0 aromatic heterocycles. The second-order valence-corrected chi connectivity index (χ2v) is 4.45. The van der Waals surface area contributed by atoms with Gasteiger partial charge < -0.3 is 30.6 Å². The van der Waals surface area contributed by atoms with E-state index in [2.05, 4.69) is 0 Å². The summed E-state index contributed by atoms with van der Waals surface area (Å²) in [6.07, 6.45) is 2.12. The maximum absolute atomic E-state index is 9.60. The molecule has 0 aliphatic heterocycles. The summed E-state index contributed by atoms with van der Waals surface area (Å²) in [6.45, 7) is 4.80. The van der Waals surface area contributed by atoms with E-state index in [9.17, 15) is 14.4 Å². The molecule has 0 amide bonds. The second kappa shape index (κ2) is 26.2. The van der Waals surface area contributed by atoms with Gasteiger partial charge in [0, 0.05) is 19.3 Å². The van der Waals surface area contributed by atoms with Crippen molar-refractivity contribution in [1.82, 2.24) is 0 Å². The predicted octanol–water partition coefficient (Wildman–Crippen LogP) is 0.945. The molecule has 0 bridgehead atoms. The molecule has 0 rings (SSSR count). The Hall–Kier alpha value is -1.71. The molecular weight excluding hydrogens is 324 g/mol. The van der Waals surface area contributed by atoms with Gasteiger partial charge in [-0.25, -0.2) is 0 Å². The van der Waals surface area contributed by atoms with Crippen LogP contribution in [0.2, 0.25) is 0 Å². The third-order valence-electron chi connectivity index (χ3n) is 1.81. The number of aliphatic hydroxyl groups is 3. The van der Waals surface area contributed by atoms with Crippen LogP contribution in [0.5, 0.6) is 0 Å². The predicted molar refractivity (Wildman–Crippen MR) is 87.8 cm³/mol. The normalized spacial score (nSPS) is 8.62. The molecule has 0 atom stereocenters. The van der Waals surface area contributed by atoms with Crippen LogP contribution in [0.3, 0.4) is 0 Å². The fourth-order valence-corrected chi connectivity index (χ4v) is 0.699. The van der Waals surface area contributed by atoms with Crippen molar-refractivity contribution < 1.29 is 45.0 Å². The average molecular weight is 356 g/mol. The van der Waals surface area contributed by atoms with Gasteiger partial charge in [-0.3, -0.25) is 14.4 Å². The van der Waals surface area contributed by atoms with E-state index in [1.54, 1.807) is 0 Å². The molecule has 0 heterocycles. The van der Waals surface area contributed by atoms with Gasteiger partial charge in [0.25, 0.3) is 0 Å². The Morgan fingerprint density at radius 1 is 0.667 bits per heavy atom. The molecule has 0 aromatic rings. The summed E-state index contributed by atoms with van der Waals surface area (Å²) >= 11 is 0. The summed E-state index contributed by atoms with van der Waals surface area (Å²) < 4.78 is 0. The molecule has 0 saturated carbocycles. The molecule has 0 saturated heterocycles. The minimum Gasteiger partial charge on any atom is -0.481 e. The molecule has 9 heteroatoms. The Morgan fingerprint density at radius 2 is 0.875 bits per heavy atom. The highest BCUT2D eigenvalue weighted by atomic mass is 16.4. The van der Waals surface area contributed by atoms with E-state index in [1.165, 1.54) is 0 Å². The summed E-state index contributed by atoms with van der Waals surface area (Å²) in [6, 6.07) is 0. The quantitative estimate of drug-likeness (QED) is 0.370. The van der Waals surface area contributed by atoms with E-state index in [0.717, 1.165) is 19.3 Å². The lowest BCUT2D eigenvalue weighted by atomic mass is 10.4. The van der Waals surface area contributed by atoms with Crippen molar-refractivity contribution in [3.63, 3.8) is 0 Å². The summed E-state index contributed by atoms with van der Waals surface area (Å²) in [5.74, 6) is -2.13. The maximum Gasteiger partial charge on any atom is 0.303 e. The first-order valence-electron chi connectivity index (χ1n) is 7.67. The first kappa shape index (κ1) is 30.2. The smallest absolute Gasteiger partial charge is 0.303 e. The van der Waals surface area contributed by atoms with Crippen LogP contribution in [0.4, 0.5) is 0 Å². The zero-order valence-corrected chi connectivity index (χ0v) is 14.6. The molecule has 0 spiro atoms. The maximum atomic E-state index is 9.60. The number of carboxylic acids is 3. The lowest BCUT2D eigenvalue weighted by Gasteiger charge is -1.96. The molecule has 0 aliphatic rings. The van der Waals surface area contributed by atoms with Crippen molar-refractivity contribution in [1.29, 1.82) is 0 Å². The first-order chi connectivity index (χ1) is 11.1. The van der Waals surface area contributed by atoms with Gasteiger partial charge in [-0.1, -0.05) is 20.8 Å². The number of carboxylic acid groups (broad SMARTS) is 3. The Labute approximate surface area is 142 Å². The summed E-state index contributed by atoms with van der Waals surface area (Å²) in [5, 5.41) is 47.8. The third kappa shape index (κ3) is 59.2. The molecule has 0 aliphatic carbocycles. The molecule has 0 fully saturated rings. The molecule has 146 valence electrons. The van der Waals surface area contributed by atoms with Gasteiger partial charge in [-0.15, -0.1) is 0 Å². The van der Waals surface area contributed by atoms with Crippen molar-refractivity contribution in [3.05, 3.63) is 0 Å². The van der Waals surface area contributed by atoms with E-state index in [0.29, 0.717) is 19.3 Å². The molecule has 0 radical (unpaired) electrons. The first-order valence-corrected chi connectivity index (χ1v) is 7.67. The van der Waals surface area contributed by atoms with Crippen molar-refractivity contribution in [2.75, 3.05) is 13.2 Å². The zero-order chi connectivity index (χ0) is 20.0. The lowest BCUT2D eigenvalue weighted by molar-refractivity contribution is -0.138. The number of aliphatic carboxylic acids is 3. The van der Waals surface area contributed by atoms with Crippen LogP contribution < -0.4 is 0 Å². The van der Waals surface area contributed by atoms with Gasteiger partial charge in [-0.05, 0) is 19.3 Å². The van der Waals surface area contributed by atoms with Crippen molar-refractivity contribution in [2.24, 2.45) is 0 Å². The molecule has 9 nitrogen and oxygen atoms in total. The van der Waals surface area contributed by atoms with Crippen LogP contribution in [0.25, 0.3) is 0 Å². The monoisotopic (exact) mass is 356 g/mol.